The van der Waals surface area contributed by atoms with Gasteiger partial charge in [-0.3, -0.25) is 4.79 Å². The number of hydrogen-bond donors (Lipinski definition) is 1. The lowest BCUT2D eigenvalue weighted by atomic mass is 9.97. The average Bonchev–Trinajstić information content (AvgIpc) is 3.14. The van der Waals surface area contributed by atoms with Gasteiger partial charge >= 0.3 is 0 Å². The number of H-pyrrole nitrogens is 1. The van der Waals surface area contributed by atoms with Crippen LogP contribution in [-0.2, 0) is 12.8 Å². The zero-order valence-electron chi connectivity index (χ0n) is 15.6. The molecule has 5 aromatic rings. The van der Waals surface area contributed by atoms with Crippen molar-refractivity contribution in [1.82, 2.24) is 15.0 Å². The normalized spacial score (nSPS) is 13.8. The summed E-state index contributed by atoms with van der Waals surface area (Å²) in [6, 6.07) is 13.1. The van der Waals surface area contributed by atoms with E-state index in [4.69, 9.17) is 4.74 Å². The van der Waals surface area contributed by atoms with E-state index in [1.807, 2.05) is 36.4 Å². The van der Waals surface area contributed by atoms with Crippen LogP contribution in [0.2, 0.25) is 0 Å². The molecule has 0 spiro atoms. The van der Waals surface area contributed by atoms with Gasteiger partial charge in [-0.05, 0) is 61.6 Å². The summed E-state index contributed by atoms with van der Waals surface area (Å²) in [7, 11) is 0. The number of fused-ring (bicyclic) bond motifs is 5. The number of aromatic amines is 1. The van der Waals surface area contributed by atoms with Crippen LogP contribution in [-0.4, -0.2) is 15.0 Å². The smallest absolute Gasteiger partial charge is 0.231 e. The van der Waals surface area contributed by atoms with E-state index in [0.717, 1.165) is 34.1 Å². The Hall–Kier alpha value is -3.25. The number of para-hydroxylation sites is 1. The lowest BCUT2D eigenvalue weighted by Crippen LogP contribution is -2.04. The van der Waals surface area contributed by atoms with Crippen molar-refractivity contribution in [1.29, 1.82) is 0 Å². The van der Waals surface area contributed by atoms with Gasteiger partial charge in [-0.1, -0.05) is 12.1 Å². The van der Waals surface area contributed by atoms with Gasteiger partial charge in [0.2, 0.25) is 5.88 Å². The Kier molecular flexibility index (Phi) is 3.67. The van der Waals surface area contributed by atoms with Crippen LogP contribution in [0.15, 0.2) is 53.6 Å². The highest BCUT2D eigenvalue weighted by molar-refractivity contribution is 7.18. The van der Waals surface area contributed by atoms with Gasteiger partial charge < -0.3 is 9.72 Å². The van der Waals surface area contributed by atoms with Crippen LogP contribution < -0.4 is 10.2 Å². The van der Waals surface area contributed by atoms with Crippen molar-refractivity contribution in [2.75, 3.05) is 0 Å². The minimum atomic E-state index is 0.000507. The standard InChI is InChI=1S/C23H17N3O2S/c27-21-14-5-1-3-7-17(14)26-18-10-9-13(11-16(18)21)28-22-20-15-6-2-4-8-19(15)29-23(20)25-12-24-22/h1,3,5,7,9-12H,2,4,6,8H2,(H,26,27). The van der Waals surface area contributed by atoms with E-state index in [1.54, 1.807) is 23.7 Å². The molecule has 0 radical (unpaired) electrons. The molecule has 2 aromatic carbocycles. The van der Waals surface area contributed by atoms with Crippen LogP contribution in [0.1, 0.15) is 23.3 Å². The first-order chi connectivity index (χ1) is 14.3. The first-order valence-corrected chi connectivity index (χ1v) is 10.6. The zero-order chi connectivity index (χ0) is 19.4. The largest absolute Gasteiger partial charge is 0.438 e. The summed E-state index contributed by atoms with van der Waals surface area (Å²) in [6.07, 6.45) is 6.12. The highest BCUT2D eigenvalue weighted by Gasteiger charge is 2.21. The summed E-state index contributed by atoms with van der Waals surface area (Å²) >= 11 is 1.74. The number of benzene rings is 2. The Morgan fingerprint density at radius 1 is 0.966 bits per heavy atom. The van der Waals surface area contributed by atoms with E-state index in [2.05, 4.69) is 15.0 Å². The highest BCUT2D eigenvalue weighted by Crippen LogP contribution is 2.40. The van der Waals surface area contributed by atoms with E-state index in [9.17, 15) is 4.79 Å². The third-order valence-corrected chi connectivity index (χ3v) is 6.81. The maximum atomic E-state index is 13.0. The van der Waals surface area contributed by atoms with E-state index in [-0.39, 0.29) is 5.43 Å². The van der Waals surface area contributed by atoms with Crippen molar-refractivity contribution in [3.8, 4) is 11.6 Å². The molecule has 29 heavy (non-hydrogen) atoms. The number of aryl methyl sites for hydroxylation is 2. The monoisotopic (exact) mass is 399 g/mol. The van der Waals surface area contributed by atoms with Gasteiger partial charge in [0.25, 0.3) is 0 Å². The molecule has 3 aromatic heterocycles. The Morgan fingerprint density at radius 2 is 1.83 bits per heavy atom. The summed E-state index contributed by atoms with van der Waals surface area (Å²) in [6.45, 7) is 0. The number of aromatic nitrogens is 3. The Morgan fingerprint density at radius 3 is 2.79 bits per heavy atom. The second-order valence-electron chi connectivity index (χ2n) is 7.38. The second-order valence-corrected chi connectivity index (χ2v) is 8.46. The maximum Gasteiger partial charge on any atom is 0.231 e. The van der Waals surface area contributed by atoms with E-state index in [0.29, 0.717) is 22.4 Å². The fourth-order valence-corrected chi connectivity index (χ4v) is 5.43. The quantitative estimate of drug-likeness (QED) is 0.406. The van der Waals surface area contributed by atoms with Gasteiger partial charge in [0.05, 0.1) is 10.9 Å². The fourth-order valence-electron chi connectivity index (χ4n) is 4.21. The molecule has 1 aliphatic carbocycles. The third kappa shape index (κ3) is 2.63. The second kappa shape index (κ2) is 6.39. The molecule has 6 heteroatoms. The summed E-state index contributed by atoms with van der Waals surface area (Å²) in [4.78, 5) is 27.5. The molecule has 0 bridgehead atoms. The summed E-state index contributed by atoms with van der Waals surface area (Å²) in [5.74, 6) is 1.18. The molecule has 142 valence electrons. The molecule has 1 N–H and O–H groups in total. The first-order valence-electron chi connectivity index (χ1n) is 9.76. The molecule has 3 heterocycles. The molecule has 0 fully saturated rings. The molecule has 0 aliphatic heterocycles. The molecule has 6 rings (SSSR count). The van der Waals surface area contributed by atoms with Gasteiger partial charge in [0.1, 0.15) is 16.9 Å². The summed E-state index contributed by atoms with van der Waals surface area (Å²) in [5, 5.41) is 2.31. The minimum Gasteiger partial charge on any atom is -0.438 e. The van der Waals surface area contributed by atoms with Crippen molar-refractivity contribution in [3.05, 3.63) is 69.5 Å². The zero-order valence-corrected chi connectivity index (χ0v) is 16.4. The number of nitrogens with one attached hydrogen (secondary N) is 1. The van der Waals surface area contributed by atoms with Crippen LogP contribution in [0, 0.1) is 0 Å². The molecule has 5 nitrogen and oxygen atoms in total. The van der Waals surface area contributed by atoms with Crippen LogP contribution in [0.5, 0.6) is 11.6 Å². The van der Waals surface area contributed by atoms with Gasteiger partial charge in [-0.2, -0.15) is 0 Å². The van der Waals surface area contributed by atoms with Crippen LogP contribution in [0.25, 0.3) is 32.0 Å². The number of pyridine rings is 1. The molecular weight excluding hydrogens is 382 g/mol. The van der Waals surface area contributed by atoms with E-state index >= 15 is 0 Å². The number of hydrogen-bond acceptors (Lipinski definition) is 5. The van der Waals surface area contributed by atoms with Crippen LogP contribution in [0.3, 0.4) is 0 Å². The number of rotatable bonds is 2. The van der Waals surface area contributed by atoms with E-state index < -0.39 is 0 Å². The number of nitrogens with zero attached hydrogens (tertiary/aromatic N) is 2. The predicted octanol–water partition coefficient (Wildman–Crippen LogP) is 5.36. The molecule has 0 saturated carbocycles. The minimum absolute atomic E-state index is 0.000507. The fraction of sp³-hybridized carbons (Fsp3) is 0.174. The molecule has 1 aliphatic rings. The Balaban J connectivity index is 1.50. The van der Waals surface area contributed by atoms with Crippen LogP contribution >= 0.6 is 11.3 Å². The van der Waals surface area contributed by atoms with Gasteiger partial charge in [-0.25, -0.2) is 9.97 Å². The van der Waals surface area contributed by atoms with Gasteiger partial charge in [-0.15, -0.1) is 11.3 Å². The summed E-state index contributed by atoms with van der Waals surface area (Å²) < 4.78 is 6.19. The highest BCUT2D eigenvalue weighted by atomic mass is 32.1. The van der Waals surface area contributed by atoms with Crippen molar-refractivity contribution in [2.24, 2.45) is 0 Å². The van der Waals surface area contributed by atoms with Crippen molar-refractivity contribution < 1.29 is 4.74 Å². The number of thiophene rings is 1. The SMILES string of the molecule is O=c1c2ccccc2[nH]c2ccc(Oc3ncnc4sc5c(c34)CCCC5)cc12. The maximum absolute atomic E-state index is 13.0. The van der Waals surface area contributed by atoms with Crippen molar-refractivity contribution in [3.63, 3.8) is 0 Å². The molecule has 0 amide bonds. The lowest BCUT2D eigenvalue weighted by molar-refractivity contribution is 0.468. The molecular formula is C23H17N3O2S. The Bertz CT molecular complexity index is 1470. The Labute approximate surface area is 170 Å². The summed E-state index contributed by atoms with van der Waals surface area (Å²) in [5.41, 5.74) is 2.96. The van der Waals surface area contributed by atoms with Gasteiger partial charge in [0.15, 0.2) is 5.43 Å². The first kappa shape index (κ1) is 16.7. The van der Waals surface area contributed by atoms with E-state index in [1.165, 1.54) is 23.3 Å². The molecule has 0 unspecified atom stereocenters. The third-order valence-electron chi connectivity index (χ3n) is 5.61. The number of ether oxygens (including phenoxy) is 1. The predicted molar refractivity (Wildman–Crippen MR) is 116 cm³/mol. The lowest BCUT2D eigenvalue weighted by Gasteiger charge is -2.12. The average molecular weight is 399 g/mol. The molecule has 0 saturated heterocycles. The topological polar surface area (TPSA) is 67.9 Å². The molecule has 0 atom stereocenters. The van der Waals surface area contributed by atoms with Crippen molar-refractivity contribution >= 4 is 43.4 Å². The van der Waals surface area contributed by atoms with Crippen LogP contribution in [0.4, 0.5) is 0 Å². The van der Waals surface area contributed by atoms with Crippen molar-refractivity contribution in [2.45, 2.75) is 25.7 Å². The van der Waals surface area contributed by atoms with Gasteiger partial charge in [0, 0.05) is 21.2 Å².